The lowest BCUT2D eigenvalue weighted by Gasteiger charge is -2.05. The highest BCUT2D eigenvalue weighted by Crippen LogP contribution is 2.10. The molecule has 62 valence electrons. The largest absolute Gasteiger partial charge is 0.497 e. The smallest absolute Gasteiger partial charge is 0.121 e. The zero-order valence-corrected chi connectivity index (χ0v) is 6.97. The van der Waals surface area contributed by atoms with Crippen LogP contribution in [-0.4, -0.2) is 13.7 Å². The molecule has 0 saturated heterocycles. The Morgan fingerprint density at radius 1 is 1.45 bits per heavy atom. The first-order chi connectivity index (χ1) is 5.29. The molecule has 11 heavy (non-hydrogen) atoms. The van der Waals surface area contributed by atoms with E-state index in [2.05, 4.69) is 13.2 Å². The maximum Gasteiger partial charge on any atom is 0.121 e. The molecule has 0 aromatic heterocycles. The highest BCUT2D eigenvalue weighted by molar-refractivity contribution is 5.26. The summed E-state index contributed by atoms with van der Waals surface area (Å²) in [6, 6.07) is 0. The summed E-state index contributed by atoms with van der Waals surface area (Å²) < 4.78 is 5.04. The number of allylic oxidation sites excluding steroid dienone is 2. The van der Waals surface area contributed by atoms with Crippen LogP contribution in [0.5, 0.6) is 0 Å². The van der Waals surface area contributed by atoms with Crippen molar-refractivity contribution in [2.45, 2.75) is 6.42 Å². The SMILES string of the molecule is C=C/C(CCN)=C(\C=C)OC. The van der Waals surface area contributed by atoms with Crippen LogP contribution in [0.3, 0.4) is 0 Å². The molecule has 2 heteroatoms. The normalized spacial score (nSPS) is 11.8. The van der Waals surface area contributed by atoms with Gasteiger partial charge in [0.15, 0.2) is 0 Å². The third-order valence-electron chi connectivity index (χ3n) is 1.38. The van der Waals surface area contributed by atoms with Gasteiger partial charge in [-0.3, -0.25) is 0 Å². The second-order valence-electron chi connectivity index (χ2n) is 2.04. The maximum atomic E-state index is 5.38. The van der Waals surface area contributed by atoms with E-state index in [1.807, 2.05) is 0 Å². The minimum Gasteiger partial charge on any atom is -0.497 e. The highest BCUT2D eigenvalue weighted by Gasteiger charge is 1.97. The molecule has 2 N–H and O–H groups in total. The number of ether oxygens (including phenoxy) is 1. The van der Waals surface area contributed by atoms with Gasteiger partial charge < -0.3 is 10.5 Å². The molecule has 0 aliphatic carbocycles. The lowest BCUT2D eigenvalue weighted by atomic mass is 10.1. The van der Waals surface area contributed by atoms with Gasteiger partial charge in [0.25, 0.3) is 0 Å². The van der Waals surface area contributed by atoms with Crippen molar-refractivity contribution < 1.29 is 4.74 Å². The van der Waals surface area contributed by atoms with Crippen LogP contribution in [0, 0.1) is 0 Å². The van der Waals surface area contributed by atoms with Crippen molar-refractivity contribution in [3.63, 3.8) is 0 Å². The molecule has 0 spiro atoms. The van der Waals surface area contributed by atoms with Gasteiger partial charge in [-0.15, -0.1) is 0 Å². The van der Waals surface area contributed by atoms with Crippen LogP contribution >= 0.6 is 0 Å². The molecule has 0 rings (SSSR count). The van der Waals surface area contributed by atoms with Gasteiger partial charge in [-0.2, -0.15) is 0 Å². The summed E-state index contributed by atoms with van der Waals surface area (Å²) >= 11 is 0. The fourth-order valence-corrected chi connectivity index (χ4v) is 0.827. The van der Waals surface area contributed by atoms with Gasteiger partial charge in [0, 0.05) is 0 Å². The van der Waals surface area contributed by atoms with E-state index in [0.717, 1.165) is 17.8 Å². The minimum absolute atomic E-state index is 0.599. The monoisotopic (exact) mass is 153 g/mol. The molecule has 0 aliphatic heterocycles. The van der Waals surface area contributed by atoms with Crippen LogP contribution in [0.1, 0.15) is 6.42 Å². The molecule has 0 aromatic carbocycles. The van der Waals surface area contributed by atoms with E-state index in [1.54, 1.807) is 19.3 Å². The second kappa shape index (κ2) is 5.74. The van der Waals surface area contributed by atoms with Gasteiger partial charge >= 0.3 is 0 Å². The van der Waals surface area contributed by atoms with E-state index in [0.29, 0.717) is 6.54 Å². The van der Waals surface area contributed by atoms with Crippen molar-refractivity contribution >= 4 is 0 Å². The first-order valence-corrected chi connectivity index (χ1v) is 3.52. The average molecular weight is 153 g/mol. The predicted molar refractivity (Wildman–Crippen MR) is 48.1 cm³/mol. The lowest BCUT2D eigenvalue weighted by molar-refractivity contribution is 0.302. The molecule has 0 aliphatic rings. The van der Waals surface area contributed by atoms with Crippen LogP contribution in [0.4, 0.5) is 0 Å². The second-order valence-corrected chi connectivity index (χ2v) is 2.04. The molecule has 0 saturated carbocycles. The van der Waals surface area contributed by atoms with Crippen LogP contribution in [0.15, 0.2) is 36.6 Å². The zero-order chi connectivity index (χ0) is 8.69. The highest BCUT2D eigenvalue weighted by atomic mass is 16.5. The molecule has 0 bridgehead atoms. The summed E-state index contributed by atoms with van der Waals surface area (Å²) in [5.74, 6) is 0.755. The summed E-state index contributed by atoms with van der Waals surface area (Å²) in [5, 5.41) is 0. The van der Waals surface area contributed by atoms with Crippen LogP contribution in [0.25, 0.3) is 0 Å². The lowest BCUT2D eigenvalue weighted by Crippen LogP contribution is -2.01. The van der Waals surface area contributed by atoms with Gasteiger partial charge in [-0.25, -0.2) is 0 Å². The fraction of sp³-hybridized carbons (Fsp3) is 0.333. The Labute approximate surface area is 68.0 Å². The first-order valence-electron chi connectivity index (χ1n) is 3.52. The van der Waals surface area contributed by atoms with Crippen LogP contribution in [-0.2, 0) is 4.74 Å². The molecule has 0 amide bonds. The molecule has 2 nitrogen and oxygen atoms in total. The third-order valence-corrected chi connectivity index (χ3v) is 1.38. The number of rotatable bonds is 5. The molecular formula is C9H15NO. The third kappa shape index (κ3) is 3.05. The predicted octanol–water partition coefficient (Wildman–Crippen LogP) is 1.61. The van der Waals surface area contributed by atoms with E-state index in [4.69, 9.17) is 10.5 Å². The Morgan fingerprint density at radius 2 is 2.09 bits per heavy atom. The molecule has 0 unspecified atom stereocenters. The molecule has 0 aromatic rings. The summed E-state index contributed by atoms with van der Waals surface area (Å²) in [6.07, 6.45) is 4.18. The summed E-state index contributed by atoms with van der Waals surface area (Å²) in [5.41, 5.74) is 6.39. The van der Waals surface area contributed by atoms with Crippen LogP contribution < -0.4 is 5.73 Å². The van der Waals surface area contributed by atoms with E-state index >= 15 is 0 Å². The molecule has 0 atom stereocenters. The van der Waals surface area contributed by atoms with Crippen molar-refractivity contribution in [1.29, 1.82) is 0 Å². The van der Waals surface area contributed by atoms with Crippen molar-refractivity contribution in [2.75, 3.05) is 13.7 Å². The first kappa shape index (κ1) is 9.98. The summed E-state index contributed by atoms with van der Waals surface area (Å²) in [6.45, 7) is 7.87. The number of nitrogens with two attached hydrogens (primary N) is 1. The van der Waals surface area contributed by atoms with E-state index in [9.17, 15) is 0 Å². The van der Waals surface area contributed by atoms with Crippen molar-refractivity contribution in [2.24, 2.45) is 5.73 Å². The zero-order valence-electron chi connectivity index (χ0n) is 6.97. The number of hydrogen-bond acceptors (Lipinski definition) is 2. The maximum absolute atomic E-state index is 5.38. The van der Waals surface area contributed by atoms with Crippen molar-refractivity contribution in [1.82, 2.24) is 0 Å². The minimum atomic E-state index is 0.599. The summed E-state index contributed by atoms with van der Waals surface area (Å²) in [4.78, 5) is 0. The van der Waals surface area contributed by atoms with Gasteiger partial charge in [0.05, 0.1) is 7.11 Å². The van der Waals surface area contributed by atoms with E-state index < -0.39 is 0 Å². The molecule has 0 fully saturated rings. The standard InChI is InChI=1S/C9H15NO/c1-4-8(6-7-10)9(5-2)11-3/h4-5H,1-2,6-7,10H2,3H3/b9-8-. The molecular weight excluding hydrogens is 138 g/mol. The van der Waals surface area contributed by atoms with E-state index in [1.165, 1.54) is 0 Å². The fourth-order valence-electron chi connectivity index (χ4n) is 0.827. The van der Waals surface area contributed by atoms with Crippen LogP contribution in [0.2, 0.25) is 0 Å². The average Bonchev–Trinajstić information content (AvgIpc) is 2.05. The Balaban J connectivity index is 4.46. The number of methoxy groups -OCH3 is 1. The van der Waals surface area contributed by atoms with Gasteiger partial charge in [0.1, 0.15) is 5.76 Å². The van der Waals surface area contributed by atoms with Gasteiger partial charge in [0.2, 0.25) is 0 Å². The van der Waals surface area contributed by atoms with Gasteiger partial charge in [-0.05, 0) is 24.6 Å². The Kier molecular flexibility index (Phi) is 5.21. The van der Waals surface area contributed by atoms with Crippen molar-refractivity contribution in [3.05, 3.63) is 36.6 Å². The Bertz CT molecular complexity index is 170. The number of hydrogen-bond donors (Lipinski definition) is 1. The topological polar surface area (TPSA) is 35.2 Å². The Hall–Kier alpha value is -1.02. The van der Waals surface area contributed by atoms with Gasteiger partial charge in [-0.1, -0.05) is 19.2 Å². The van der Waals surface area contributed by atoms with Crippen molar-refractivity contribution in [3.8, 4) is 0 Å². The molecule has 0 heterocycles. The molecule has 0 radical (unpaired) electrons. The Morgan fingerprint density at radius 3 is 2.36 bits per heavy atom. The quantitative estimate of drug-likeness (QED) is 0.481. The van der Waals surface area contributed by atoms with E-state index in [-0.39, 0.29) is 0 Å². The summed E-state index contributed by atoms with van der Waals surface area (Å²) in [7, 11) is 1.61.